The highest BCUT2D eigenvalue weighted by Gasteiger charge is 2.42. The summed E-state index contributed by atoms with van der Waals surface area (Å²) < 4.78 is 5.55. The Morgan fingerprint density at radius 1 is 1.06 bits per heavy atom. The molecule has 34 heavy (non-hydrogen) atoms. The van der Waals surface area contributed by atoms with Gasteiger partial charge >= 0.3 is 12.1 Å². The first-order valence-electron chi connectivity index (χ1n) is 11.9. The lowest BCUT2D eigenvalue weighted by Crippen LogP contribution is -2.56. The summed E-state index contributed by atoms with van der Waals surface area (Å²) in [6.07, 6.45) is 2.39. The van der Waals surface area contributed by atoms with E-state index in [4.69, 9.17) is 4.74 Å². The van der Waals surface area contributed by atoms with Crippen LogP contribution in [0.4, 0.5) is 4.79 Å². The molecular formula is C27H32N2O5. The molecule has 0 aromatic heterocycles. The molecule has 0 saturated heterocycles. The normalized spacial score (nSPS) is 22.2. The topological polar surface area (TPSA) is 105 Å². The highest BCUT2D eigenvalue weighted by Crippen LogP contribution is 2.44. The number of hydrogen-bond acceptors (Lipinski definition) is 4. The van der Waals surface area contributed by atoms with Gasteiger partial charge < -0.3 is 20.5 Å². The van der Waals surface area contributed by atoms with Crippen molar-refractivity contribution in [2.24, 2.45) is 5.92 Å². The third kappa shape index (κ3) is 4.93. The van der Waals surface area contributed by atoms with Gasteiger partial charge in [-0.1, -0.05) is 61.4 Å². The van der Waals surface area contributed by atoms with Crippen molar-refractivity contribution in [1.29, 1.82) is 0 Å². The molecule has 0 heterocycles. The Kier molecular flexibility index (Phi) is 6.91. The number of carbonyl (C=O) groups is 3. The van der Waals surface area contributed by atoms with Gasteiger partial charge in [-0.2, -0.15) is 0 Å². The molecular weight excluding hydrogens is 432 g/mol. The van der Waals surface area contributed by atoms with Gasteiger partial charge in [-0.25, -0.2) is 4.79 Å². The van der Waals surface area contributed by atoms with Crippen molar-refractivity contribution in [3.8, 4) is 11.1 Å². The molecule has 0 bridgehead atoms. The number of rotatable bonds is 7. The van der Waals surface area contributed by atoms with Crippen LogP contribution < -0.4 is 10.6 Å². The highest BCUT2D eigenvalue weighted by molar-refractivity contribution is 5.81. The summed E-state index contributed by atoms with van der Waals surface area (Å²) in [7, 11) is 0. The molecule has 2 amide bonds. The number of alkyl carbamates (subject to hydrolysis) is 1. The van der Waals surface area contributed by atoms with Crippen LogP contribution in [0.5, 0.6) is 0 Å². The van der Waals surface area contributed by atoms with Gasteiger partial charge in [-0.15, -0.1) is 0 Å². The van der Waals surface area contributed by atoms with Gasteiger partial charge in [-0.05, 0) is 48.9 Å². The average Bonchev–Trinajstić information content (AvgIpc) is 3.11. The highest BCUT2D eigenvalue weighted by atomic mass is 16.5. The Morgan fingerprint density at radius 3 is 2.29 bits per heavy atom. The number of ether oxygens (including phenoxy) is 1. The van der Waals surface area contributed by atoms with Crippen molar-refractivity contribution in [2.45, 2.75) is 63.5 Å². The zero-order valence-electron chi connectivity index (χ0n) is 19.7. The summed E-state index contributed by atoms with van der Waals surface area (Å²) in [6, 6.07) is 15.8. The van der Waals surface area contributed by atoms with Crippen LogP contribution in [-0.2, 0) is 14.3 Å². The van der Waals surface area contributed by atoms with E-state index in [9.17, 15) is 19.5 Å². The molecule has 4 rings (SSSR count). The van der Waals surface area contributed by atoms with Crippen molar-refractivity contribution in [3.05, 3.63) is 59.7 Å². The minimum atomic E-state index is -0.882. The smallest absolute Gasteiger partial charge is 0.407 e. The third-order valence-electron chi connectivity index (χ3n) is 7.13. The Morgan fingerprint density at radius 2 is 1.68 bits per heavy atom. The van der Waals surface area contributed by atoms with Gasteiger partial charge in [0, 0.05) is 18.4 Å². The van der Waals surface area contributed by atoms with E-state index in [1.807, 2.05) is 24.3 Å². The van der Waals surface area contributed by atoms with E-state index in [2.05, 4.69) is 34.9 Å². The summed E-state index contributed by atoms with van der Waals surface area (Å²) in [6.45, 7) is 3.74. The number of benzene rings is 2. The van der Waals surface area contributed by atoms with Crippen LogP contribution >= 0.6 is 0 Å². The minimum Gasteiger partial charge on any atom is -0.481 e. The quantitative estimate of drug-likeness (QED) is 0.561. The molecule has 1 fully saturated rings. The van der Waals surface area contributed by atoms with Gasteiger partial charge in [0.25, 0.3) is 0 Å². The van der Waals surface area contributed by atoms with Crippen LogP contribution in [0.3, 0.4) is 0 Å². The van der Waals surface area contributed by atoms with E-state index in [0.29, 0.717) is 12.8 Å². The molecule has 2 aliphatic rings. The van der Waals surface area contributed by atoms with E-state index in [-0.39, 0.29) is 24.9 Å². The molecule has 7 nitrogen and oxygen atoms in total. The number of aliphatic carboxylic acids is 1. The van der Waals surface area contributed by atoms with Crippen molar-refractivity contribution in [2.75, 3.05) is 6.61 Å². The average molecular weight is 465 g/mol. The lowest BCUT2D eigenvalue weighted by molar-refractivity contribution is -0.146. The van der Waals surface area contributed by atoms with Gasteiger partial charge in [0.15, 0.2) is 0 Å². The van der Waals surface area contributed by atoms with Crippen molar-refractivity contribution >= 4 is 18.0 Å². The monoisotopic (exact) mass is 464 g/mol. The van der Waals surface area contributed by atoms with Gasteiger partial charge in [-0.3, -0.25) is 9.59 Å². The van der Waals surface area contributed by atoms with Crippen LogP contribution in [0.1, 0.15) is 63.0 Å². The molecule has 180 valence electrons. The second-order valence-electron chi connectivity index (χ2n) is 9.68. The predicted octanol–water partition coefficient (Wildman–Crippen LogP) is 4.45. The summed E-state index contributed by atoms with van der Waals surface area (Å²) in [5.41, 5.74) is 3.82. The molecule has 3 atom stereocenters. The van der Waals surface area contributed by atoms with Crippen LogP contribution in [-0.4, -0.2) is 41.3 Å². The lowest BCUT2D eigenvalue weighted by Gasteiger charge is -2.40. The molecule has 2 aromatic carbocycles. The van der Waals surface area contributed by atoms with Crippen LogP contribution in [0.15, 0.2) is 48.5 Å². The molecule has 2 aromatic rings. The van der Waals surface area contributed by atoms with Gasteiger partial charge in [0.1, 0.15) is 6.61 Å². The third-order valence-corrected chi connectivity index (χ3v) is 7.13. The first kappa shape index (κ1) is 23.8. The standard InChI is InChI=1S/C27H32N2O5/c1-17(15-24(30)29-27(2)14-8-7-13-23(27)25(31)32)28-26(33)34-16-22-20-11-5-3-9-18(20)19-10-4-6-12-21(19)22/h3-6,9-12,17,22-23H,7-8,13-16H2,1-2H3,(H,28,33)(H,29,30)(H,31,32)/t17-,23?,27?/m0/s1. The number of amides is 2. The number of carbonyl (C=O) groups excluding carboxylic acids is 2. The molecule has 0 spiro atoms. The first-order valence-corrected chi connectivity index (χ1v) is 11.9. The van der Waals surface area contributed by atoms with Crippen LogP contribution in [0.25, 0.3) is 11.1 Å². The van der Waals surface area contributed by atoms with Crippen molar-refractivity contribution in [1.82, 2.24) is 10.6 Å². The molecule has 7 heteroatoms. The van der Waals surface area contributed by atoms with E-state index < -0.39 is 29.6 Å². The first-order chi connectivity index (χ1) is 16.3. The summed E-state index contributed by atoms with van der Waals surface area (Å²) >= 11 is 0. The molecule has 0 radical (unpaired) electrons. The maximum atomic E-state index is 12.6. The SMILES string of the molecule is C[C@@H](CC(=O)NC1(C)CCCCC1C(=O)O)NC(=O)OCC1c2ccccc2-c2ccccc21. The number of carboxylic acids is 1. The molecule has 3 N–H and O–H groups in total. The maximum absolute atomic E-state index is 12.6. The van der Waals surface area contributed by atoms with Gasteiger partial charge in [0.05, 0.1) is 11.5 Å². The number of hydrogen-bond donors (Lipinski definition) is 3. The minimum absolute atomic E-state index is 0.0315. The number of carboxylic acid groups (broad SMARTS) is 1. The second kappa shape index (κ2) is 9.87. The summed E-state index contributed by atoms with van der Waals surface area (Å²) in [4.78, 5) is 36.7. The fourth-order valence-electron chi connectivity index (χ4n) is 5.42. The zero-order valence-corrected chi connectivity index (χ0v) is 19.7. The summed E-state index contributed by atoms with van der Waals surface area (Å²) in [5, 5.41) is 15.2. The zero-order chi connectivity index (χ0) is 24.3. The number of nitrogens with one attached hydrogen (secondary N) is 2. The Bertz CT molecular complexity index is 1040. The van der Waals surface area contributed by atoms with Crippen LogP contribution in [0.2, 0.25) is 0 Å². The van der Waals surface area contributed by atoms with Gasteiger partial charge in [0.2, 0.25) is 5.91 Å². The van der Waals surface area contributed by atoms with Crippen LogP contribution in [0, 0.1) is 5.92 Å². The maximum Gasteiger partial charge on any atom is 0.407 e. The van der Waals surface area contributed by atoms with Crippen molar-refractivity contribution < 1.29 is 24.2 Å². The Labute approximate surface area is 199 Å². The van der Waals surface area contributed by atoms with E-state index in [0.717, 1.165) is 35.1 Å². The largest absolute Gasteiger partial charge is 0.481 e. The lowest BCUT2D eigenvalue weighted by atomic mass is 9.74. The number of fused-ring (bicyclic) bond motifs is 3. The molecule has 1 saturated carbocycles. The van der Waals surface area contributed by atoms with Crippen molar-refractivity contribution in [3.63, 3.8) is 0 Å². The van der Waals surface area contributed by atoms with E-state index in [1.54, 1.807) is 13.8 Å². The fraction of sp³-hybridized carbons (Fsp3) is 0.444. The molecule has 2 unspecified atom stereocenters. The fourth-order valence-corrected chi connectivity index (χ4v) is 5.42. The molecule has 0 aliphatic heterocycles. The Balaban J connectivity index is 1.30. The van der Waals surface area contributed by atoms with E-state index >= 15 is 0 Å². The summed E-state index contributed by atoms with van der Waals surface area (Å²) in [5.74, 6) is -1.79. The Hall–Kier alpha value is -3.35. The van der Waals surface area contributed by atoms with E-state index in [1.165, 1.54) is 0 Å². The predicted molar refractivity (Wildman–Crippen MR) is 128 cm³/mol. The second-order valence-corrected chi connectivity index (χ2v) is 9.68. The molecule has 2 aliphatic carbocycles.